The number of rotatable bonds is 5. The third kappa shape index (κ3) is 3.83. The number of hydrogen-bond acceptors (Lipinski definition) is 6. The van der Waals surface area contributed by atoms with Gasteiger partial charge in [-0.1, -0.05) is 18.2 Å². The summed E-state index contributed by atoms with van der Waals surface area (Å²) in [5, 5.41) is 10.8. The molecule has 32 heavy (non-hydrogen) atoms. The minimum absolute atomic E-state index is 0.0273. The van der Waals surface area contributed by atoms with Crippen LogP contribution in [0.3, 0.4) is 0 Å². The zero-order chi connectivity index (χ0) is 22.1. The van der Waals surface area contributed by atoms with Gasteiger partial charge in [0.25, 0.3) is 5.69 Å². The number of nitro benzene ring substituents is 1. The van der Waals surface area contributed by atoms with Crippen molar-refractivity contribution in [2.75, 3.05) is 6.61 Å². The Morgan fingerprint density at radius 3 is 2.66 bits per heavy atom. The summed E-state index contributed by atoms with van der Waals surface area (Å²) in [6, 6.07) is 18.9. The van der Waals surface area contributed by atoms with Gasteiger partial charge in [-0.2, -0.15) is 0 Å². The van der Waals surface area contributed by atoms with E-state index in [0.717, 1.165) is 22.4 Å². The molecule has 0 aliphatic carbocycles. The summed E-state index contributed by atoms with van der Waals surface area (Å²) in [6.07, 6.45) is 3.68. The molecule has 0 fully saturated rings. The number of ether oxygens (including phenoxy) is 3. The molecule has 0 amide bonds. The monoisotopic (exact) mass is 427 g/mol. The van der Waals surface area contributed by atoms with Gasteiger partial charge in [0.15, 0.2) is 5.76 Å². The van der Waals surface area contributed by atoms with E-state index in [2.05, 4.69) is 0 Å². The lowest BCUT2D eigenvalue weighted by Crippen LogP contribution is -2.08. The van der Waals surface area contributed by atoms with E-state index in [1.54, 1.807) is 36.4 Å². The highest BCUT2D eigenvalue weighted by atomic mass is 16.6. The molecule has 0 spiro atoms. The van der Waals surface area contributed by atoms with Crippen molar-refractivity contribution in [3.05, 3.63) is 111 Å². The minimum atomic E-state index is -0.446. The van der Waals surface area contributed by atoms with Gasteiger partial charge in [0.05, 0.1) is 10.5 Å². The van der Waals surface area contributed by atoms with Crippen molar-refractivity contribution >= 4 is 17.5 Å². The van der Waals surface area contributed by atoms with Crippen molar-refractivity contribution in [1.29, 1.82) is 0 Å². The number of hydrogen-bond donors (Lipinski definition) is 0. The molecule has 0 aromatic heterocycles. The van der Waals surface area contributed by atoms with E-state index in [0.29, 0.717) is 23.7 Å². The molecule has 158 valence electrons. The third-order valence-corrected chi connectivity index (χ3v) is 5.16. The molecule has 2 aliphatic rings. The molecule has 0 saturated heterocycles. The van der Waals surface area contributed by atoms with Crippen LogP contribution in [0, 0.1) is 10.1 Å². The Balaban J connectivity index is 1.30. The van der Waals surface area contributed by atoms with E-state index in [9.17, 15) is 14.9 Å². The van der Waals surface area contributed by atoms with Crippen molar-refractivity contribution in [2.24, 2.45) is 0 Å². The zero-order valence-corrected chi connectivity index (χ0v) is 16.8. The Hall–Kier alpha value is -4.39. The number of non-ortho nitro benzene ring substituents is 1. The number of benzene rings is 3. The number of allylic oxidation sites excluding steroid dienone is 1. The van der Waals surface area contributed by atoms with E-state index >= 15 is 0 Å². The predicted molar refractivity (Wildman–Crippen MR) is 117 cm³/mol. The molecular formula is C25H17NO6. The summed E-state index contributed by atoms with van der Waals surface area (Å²) < 4.78 is 17.3. The number of nitrogens with zero attached hydrogens (tertiary/aromatic N) is 1. The van der Waals surface area contributed by atoms with Gasteiger partial charge in [-0.05, 0) is 53.6 Å². The Kier molecular flexibility index (Phi) is 4.91. The molecular weight excluding hydrogens is 410 g/mol. The summed E-state index contributed by atoms with van der Waals surface area (Å²) >= 11 is 0. The summed E-state index contributed by atoms with van der Waals surface area (Å²) in [7, 11) is 0. The normalized spacial score (nSPS) is 15.3. The standard InChI is InChI=1S/C25H17NO6/c27-25-21-10-9-20(30-14-16-5-7-19(8-6-16)26(28)29)13-23(21)32-24(25)12-17-11-18-3-1-2-4-22(18)31-15-17/h1-13H,14-15H2. The van der Waals surface area contributed by atoms with Crippen LogP contribution in [-0.4, -0.2) is 17.3 Å². The highest BCUT2D eigenvalue weighted by molar-refractivity contribution is 6.12. The third-order valence-electron chi connectivity index (χ3n) is 5.16. The Morgan fingerprint density at radius 1 is 1.03 bits per heavy atom. The molecule has 2 aliphatic heterocycles. The second-order valence-electron chi connectivity index (χ2n) is 7.36. The van der Waals surface area contributed by atoms with E-state index in [4.69, 9.17) is 14.2 Å². The molecule has 0 atom stereocenters. The molecule has 0 radical (unpaired) electrons. The molecule has 2 heterocycles. The van der Waals surface area contributed by atoms with Gasteiger partial charge in [0.2, 0.25) is 5.78 Å². The largest absolute Gasteiger partial charge is 0.489 e. The zero-order valence-electron chi connectivity index (χ0n) is 16.8. The number of fused-ring (bicyclic) bond motifs is 2. The van der Waals surface area contributed by atoms with Crippen LogP contribution < -0.4 is 14.2 Å². The van der Waals surface area contributed by atoms with Gasteiger partial charge in [-0.3, -0.25) is 14.9 Å². The molecule has 0 N–H and O–H groups in total. The fourth-order valence-corrected chi connectivity index (χ4v) is 3.52. The Labute approximate surface area is 183 Å². The number of carbonyl (C=O) groups is 1. The highest BCUT2D eigenvalue weighted by Gasteiger charge is 2.28. The van der Waals surface area contributed by atoms with Crippen LogP contribution in [0.5, 0.6) is 17.2 Å². The summed E-state index contributed by atoms with van der Waals surface area (Å²) in [4.78, 5) is 23.0. The maximum absolute atomic E-state index is 12.7. The molecule has 7 nitrogen and oxygen atoms in total. The maximum atomic E-state index is 12.7. The smallest absolute Gasteiger partial charge is 0.269 e. The summed E-state index contributed by atoms with van der Waals surface area (Å²) in [6.45, 7) is 0.591. The topological polar surface area (TPSA) is 87.9 Å². The van der Waals surface area contributed by atoms with Gasteiger partial charge in [0.1, 0.15) is 30.5 Å². The molecule has 7 heteroatoms. The van der Waals surface area contributed by atoms with Crippen molar-refractivity contribution in [3.8, 4) is 17.2 Å². The lowest BCUT2D eigenvalue weighted by atomic mass is 10.1. The van der Waals surface area contributed by atoms with Gasteiger partial charge < -0.3 is 14.2 Å². The number of ketones is 1. The summed E-state index contributed by atoms with van der Waals surface area (Å²) in [5.74, 6) is 1.82. The van der Waals surface area contributed by atoms with Gasteiger partial charge in [0, 0.05) is 23.8 Å². The molecule has 0 unspecified atom stereocenters. The lowest BCUT2D eigenvalue weighted by molar-refractivity contribution is -0.384. The first kappa shape index (κ1) is 19.6. The second kappa shape index (κ2) is 8.03. The molecule has 0 saturated carbocycles. The first-order valence-corrected chi connectivity index (χ1v) is 9.94. The number of carbonyl (C=O) groups excluding carboxylic acids is 1. The Bertz CT molecular complexity index is 1290. The fourth-order valence-electron chi connectivity index (χ4n) is 3.52. The van der Waals surface area contributed by atoms with E-state index < -0.39 is 4.92 Å². The Morgan fingerprint density at radius 2 is 1.84 bits per heavy atom. The van der Waals surface area contributed by atoms with Crippen molar-refractivity contribution in [1.82, 2.24) is 0 Å². The minimum Gasteiger partial charge on any atom is -0.489 e. The quantitative estimate of drug-likeness (QED) is 0.319. The fraction of sp³-hybridized carbons (Fsp3) is 0.0800. The van der Waals surface area contributed by atoms with Crippen LogP contribution in [-0.2, 0) is 6.61 Å². The second-order valence-corrected chi connectivity index (χ2v) is 7.36. The lowest BCUT2D eigenvalue weighted by Gasteiger charge is -2.15. The van der Waals surface area contributed by atoms with Crippen LogP contribution in [0.1, 0.15) is 21.5 Å². The van der Waals surface area contributed by atoms with Gasteiger partial charge in [-0.25, -0.2) is 0 Å². The summed E-state index contributed by atoms with van der Waals surface area (Å²) in [5.41, 5.74) is 3.08. The van der Waals surface area contributed by atoms with Crippen molar-refractivity contribution in [2.45, 2.75) is 6.61 Å². The molecule has 3 aromatic rings. The van der Waals surface area contributed by atoms with Crippen molar-refractivity contribution < 1.29 is 23.9 Å². The van der Waals surface area contributed by atoms with Crippen molar-refractivity contribution in [3.63, 3.8) is 0 Å². The van der Waals surface area contributed by atoms with Crippen LogP contribution in [0.2, 0.25) is 0 Å². The number of nitro groups is 1. The molecule has 5 rings (SSSR count). The van der Waals surface area contributed by atoms with Crippen LogP contribution in [0.25, 0.3) is 6.08 Å². The van der Waals surface area contributed by atoms with Crippen LogP contribution >= 0.6 is 0 Å². The van der Waals surface area contributed by atoms with Gasteiger partial charge >= 0.3 is 0 Å². The SMILES string of the molecule is O=C1C(=CC2=Cc3ccccc3OC2)Oc2cc(OCc3ccc([N+](=O)[O-])cc3)ccc21. The van der Waals surface area contributed by atoms with E-state index in [1.807, 2.05) is 30.3 Å². The number of Topliss-reactive ketones (excluding diaryl/α,β-unsaturated/α-hetero) is 1. The highest BCUT2D eigenvalue weighted by Crippen LogP contribution is 2.35. The maximum Gasteiger partial charge on any atom is 0.269 e. The van der Waals surface area contributed by atoms with Crippen LogP contribution in [0.4, 0.5) is 5.69 Å². The molecule has 0 bridgehead atoms. The average Bonchev–Trinajstić information content (AvgIpc) is 3.12. The number of para-hydroxylation sites is 1. The van der Waals surface area contributed by atoms with Gasteiger partial charge in [-0.15, -0.1) is 0 Å². The van der Waals surface area contributed by atoms with E-state index in [-0.39, 0.29) is 23.8 Å². The first-order valence-electron chi connectivity index (χ1n) is 9.94. The predicted octanol–water partition coefficient (Wildman–Crippen LogP) is 5.11. The average molecular weight is 427 g/mol. The van der Waals surface area contributed by atoms with E-state index in [1.165, 1.54) is 12.1 Å². The molecule has 3 aromatic carbocycles. The first-order chi connectivity index (χ1) is 15.6. The van der Waals surface area contributed by atoms with Crippen LogP contribution in [0.15, 0.2) is 84.1 Å².